The predicted molar refractivity (Wildman–Crippen MR) is 72.5 cm³/mol. The van der Waals surface area contributed by atoms with Gasteiger partial charge in [-0.3, -0.25) is 0 Å². The molecule has 0 aliphatic carbocycles. The number of aryl methyl sites for hydroxylation is 1. The van der Waals surface area contributed by atoms with Crippen LogP contribution in [-0.4, -0.2) is 11.8 Å². The molecule has 0 radical (unpaired) electrons. The van der Waals surface area contributed by atoms with Crippen molar-refractivity contribution in [2.45, 2.75) is 6.92 Å². The molecule has 1 aliphatic rings. The van der Waals surface area contributed by atoms with E-state index in [4.69, 9.17) is 9.47 Å². The Morgan fingerprint density at radius 2 is 2.06 bits per heavy atom. The van der Waals surface area contributed by atoms with E-state index in [1.165, 1.54) is 0 Å². The molecule has 3 rings (SSSR count). The maximum absolute atomic E-state index is 5.34. The van der Waals surface area contributed by atoms with Gasteiger partial charge in [-0.2, -0.15) is 0 Å². The van der Waals surface area contributed by atoms with Gasteiger partial charge in [0.05, 0.1) is 4.47 Å². The molecule has 0 amide bonds. The smallest absolute Gasteiger partial charge is 0.231 e. The lowest BCUT2D eigenvalue weighted by Gasteiger charge is -2.09. The van der Waals surface area contributed by atoms with Crippen molar-refractivity contribution < 1.29 is 9.47 Å². The Morgan fingerprint density at radius 3 is 2.94 bits per heavy atom. The lowest BCUT2D eigenvalue weighted by atomic mass is 10.2. The Bertz CT molecular complexity index is 602. The SMILES string of the molecule is Cc1ccnc(Nc2ccc3c(c2)OCO3)c1Br. The van der Waals surface area contributed by atoms with Crippen LogP contribution in [0.15, 0.2) is 34.9 Å². The first-order valence-electron chi connectivity index (χ1n) is 5.52. The van der Waals surface area contributed by atoms with Crippen LogP contribution >= 0.6 is 15.9 Å². The fourth-order valence-corrected chi connectivity index (χ4v) is 2.07. The van der Waals surface area contributed by atoms with Crippen LogP contribution in [0.3, 0.4) is 0 Å². The van der Waals surface area contributed by atoms with Gasteiger partial charge >= 0.3 is 0 Å². The first kappa shape index (κ1) is 11.3. The molecule has 92 valence electrons. The molecule has 0 atom stereocenters. The van der Waals surface area contributed by atoms with Crippen LogP contribution in [0, 0.1) is 6.92 Å². The van der Waals surface area contributed by atoms with Gasteiger partial charge in [-0.1, -0.05) is 0 Å². The topological polar surface area (TPSA) is 43.4 Å². The van der Waals surface area contributed by atoms with E-state index < -0.39 is 0 Å². The number of hydrogen-bond donors (Lipinski definition) is 1. The third-order valence-corrected chi connectivity index (χ3v) is 3.72. The molecule has 4 nitrogen and oxygen atoms in total. The van der Waals surface area contributed by atoms with Gasteiger partial charge in [-0.15, -0.1) is 0 Å². The van der Waals surface area contributed by atoms with E-state index in [-0.39, 0.29) is 6.79 Å². The second-order valence-electron chi connectivity index (χ2n) is 3.98. The largest absolute Gasteiger partial charge is 0.454 e. The van der Waals surface area contributed by atoms with E-state index in [1.54, 1.807) is 6.20 Å². The Morgan fingerprint density at radius 1 is 1.22 bits per heavy atom. The van der Waals surface area contributed by atoms with Gasteiger partial charge in [0.2, 0.25) is 6.79 Å². The van der Waals surface area contributed by atoms with Gasteiger partial charge in [0.15, 0.2) is 11.5 Å². The number of halogens is 1. The van der Waals surface area contributed by atoms with Crippen LogP contribution in [0.5, 0.6) is 11.5 Å². The number of rotatable bonds is 2. The minimum Gasteiger partial charge on any atom is -0.454 e. The van der Waals surface area contributed by atoms with Crippen molar-refractivity contribution in [3.63, 3.8) is 0 Å². The number of fused-ring (bicyclic) bond motifs is 1. The van der Waals surface area contributed by atoms with Crippen LogP contribution in [0.4, 0.5) is 11.5 Å². The van der Waals surface area contributed by atoms with Gasteiger partial charge in [0, 0.05) is 18.0 Å². The van der Waals surface area contributed by atoms with Gasteiger partial charge < -0.3 is 14.8 Å². The summed E-state index contributed by atoms with van der Waals surface area (Å²) < 4.78 is 11.6. The number of anilines is 2. The van der Waals surface area contributed by atoms with E-state index in [0.29, 0.717) is 0 Å². The molecule has 1 aromatic carbocycles. The van der Waals surface area contributed by atoms with Gasteiger partial charge in [0.1, 0.15) is 5.82 Å². The van der Waals surface area contributed by atoms with E-state index in [1.807, 2.05) is 31.2 Å². The standard InChI is InChI=1S/C13H11BrN2O2/c1-8-4-5-15-13(12(8)14)16-9-2-3-10-11(6-9)18-7-17-10/h2-6H,7H2,1H3,(H,15,16). The highest BCUT2D eigenvalue weighted by molar-refractivity contribution is 9.10. The predicted octanol–water partition coefficient (Wildman–Crippen LogP) is 3.62. The second-order valence-corrected chi connectivity index (χ2v) is 4.78. The highest BCUT2D eigenvalue weighted by Crippen LogP contribution is 2.35. The Kier molecular flexibility index (Phi) is 2.83. The minimum atomic E-state index is 0.283. The zero-order valence-electron chi connectivity index (χ0n) is 9.74. The maximum Gasteiger partial charge on any atom is 0.231 e. The summed E-state index contributed by atoms with van der Waals surface area (Å²) in [7, 11) is 0. The molecule has 2 aromatic rings. The lowest BCUT2D eigenvalue weighted by molar-refractivity contribution is 0.174. The normalized spacial score (nSPS) is 12.6. The average Bonchev–Trinajstić information content (AvgIpc) is 2.82. The summed E-state index contributed by atoms with van der Waals surface area (Å²) in [6.07, 6.45) is 1.77. The third-order valence-electron chi connectivity index (χ3n) is 2.72. The summed E-state index contributed by atoms with van der Waals surface area (Å²) in [6, 6.07) is 7.67. The van der Waals surface area contributed by atoms with Crippen LogP contribution in [0.2, 0.25) is 0 Å². The number of ether oxygens (including phenoxy) is 2. The quantitative estimate of drug-likeness (QED) is 0.920. The monoisotopic (exact) mass is 306 g/mol. The highest BCUT2D eigenvalue weighted by atomic mass is 79.9. The molecule has 1 aliphatic heterocycles. The number of nitrogens with zero attached hydrogens (tertiary/aromatic N) is 1. The fraction of sp³-hybridized carbons (Fsp3) is 0.154. The fourth-order valence-electron chi connectivity index (χ4n) is 1.74. The first-order valence-corrected chi connectivity index (χ1v) is 6.31. The van der Waals surface area contributed by atoms with Crippen molar-refractivity contribution in [2.24, 2.45) is 0 Å². The first-order chi connectivity index (χ1) is 8.74. The number of hydrogen-bond acceptors (Lipinski definition) is 4. The molecule has 0 unspecified atom stereocenters. The zero-order chi connectivity index (χ0) is 12.5. The van der Waals surface area contributed by atoms with Crippen molar-refractivity contribution in [2.75, 3.05) is 12.1 Å². The molecule has 18 heavy (non-hydrogen) atoms. The van der Waals surface area contributed by atoms with Crippen molar-refractivity contribution in [3.8, 4) is 11.5 Å². The molecule has 1 aromatic heterocycles. The van der Waals surface area contributed by atoms with E-state index in [9.17, 15) is 0 Å². The molecule has 0 bridgehead atoms. The average molecular weight is 307 g/mol. The molecule has 2 heterocycles. The summed E-state index contributed by atoms with van der Waals surface area (Å²) in [5.41, 5.74) is 2.05. The van der Waals surface area contributed by atoms with E-state index in [2.05, 4.69) is 26.2 Å². The number of pyridine rings is 1. The molecule has 0 saturated heterocycles. The van der Waals surface area contributed by atoms with Crippen molar-refractivity contribution >= 4 is 27.4 Å². The van der Waals surface area contributed by atoms with E-state index >= 15 is 0 Å². The summed E-state index contributed by atoms with van der Waals surface area (Å²) in [6.45, 7) is 2.31. The number of aromatic nitrogens is 1. The van der Waals surface area contributed by atoms with Gasteiger partial charge in [-0.25, -0.2) is 4.98 Å². The maximum atomic E-state index is 5.34. The highest BCUT2D eigenvalue weighted by Gasteiger charge is 2.13. The van der Waals surface area contributed by atoms with Crippen molar-refractivity contribution in [1.82, 2.24) is 4.98 Å². The van der Waals surface area contributed by atoms with Crippen molar-refractivity contribution in [3.05, 3.63) is 40.5 Å². The van der Waals surface area contributed by atoms with Gasteiger partial charge in [0.25, 0.3) is 0 Å². The summed E-state index contributed by atoms with van der Waals surface area (Å²) >= 11 is 3.52. The molecular formula is C13H11BrN2O2. The Labute approximate surface area is 113 Å². The van der Waals surface area contributed by atoms with Gasteiger partial charge in [-0.05, 0) is 46.6 Å². The van der Waals surface area contributed by atoms with Crippen LogP contribution in [0.25, 0.3) is 0 Å². The molecule has 0 spiro atoms. The number of nitrogens with one attached hydrogen (secondary N) is 1. The summed E-state index contributed by atoms with van der Waals surface area (Å²) in [5.74, 6) is 2.31. The van der Waals surface area contributed by atoms with E-state index in [0.717, 1.165) is 33.0 Å². The summed E-state index contributed by atoms with van der Waals surface area (Å²) in [5, 5.41) is 3.25. The minimum absolute atomic E-state index is 0.283. The molecule has 5 heteroatoms. The summed E-state index contributed by atoms with van der Waals surface area (Å²) in [4.78, 5) is 4.30. The second kappa shape index (κ2) is 4.49. The molecule has 0 fully saturated rings. The molecular weight excluding hydrogens is 296 g/mol. The van der Waals surface area contributed by atoms with Crippen LogP contribution < -0.4 is 14.8 Å². The molecule has 0 saturated carbocycles. The molecule has 1 N–H and O–H groups in total. The zero-order valence-corrected chi connectivity index (χ0v) is 11.3. The number of benzene rings is 1. The lowest BCUT2D eigenvalue weighted by Crippen LogP contribution is -1.95. The Hall–Kier alpha value is -1.75. The van der Waals surface area contributed by atoms with Crippen LogP contribution in [-0.2, 0) is 0 Å². The third kappa shape index (κ3) is 2.01. The Balaban J connectivity index is 1.90. The van der Waals surface area contributed by atoms with Crippen LogP contribution in [0.1, 0.15) is 5.56 Å². The van der Waals surface area contributed by atoms with Crippen molar-refractivity contribution in [1.29, 1.82) is 0 Å².